The van der Waals surface area contributed by atoms with Crippen molar-refractivity contribution in [1.82, 2.24) is 9.80 Å². The number of thiocarbonyl (C=S) groups is 1. The van der Waals surface area contributed by atoms with Crippen molar-refractivity contribution in [2.75, 3.05) is 33.7 Å². The van der Waals surface area contributed by atoms with E-state index in [0.29, 0.717) is 11.0 Å². The van der Waals surface area contributed by atoms with Gasteiger partial charge in [0.15, 0.2) is 0 Å². The lowest BCUT2D eigenvalue weighted by molar-refractivity contribution is 0.144. The van der Waals surface area contributed by atoms with Crippen LogP contribution in [0.4, 0.5) is 0 Å². The van der Waals surface area contributed by atoms with Gasteiger partial charge in [0, 0.05) is 6.54 Å². The van der Waals surface area contributed by atoms with E-state index >= 15 is 0 Å². The van der Waals surface area contributed by atoms with Crippen LogP contribution in [0.25, 0.3) is 0 Å². The van der Waals surface area contributed by atoms with Gasteiger partial charge in [0.05, 0.1) is 11.0 Å². The van der Waals surface area contributed by atoms with Gasteiger partial charge >= 0.3 is 0 Å². The minimum Gasteiger partial charge on any atom is -0.392 e. The van der Waals surface area contributed by atoms with Gasteiger partial charge in [0.25, 0.3) is 0 Å². The molecule has 0 bridgehead atoms. The third-order valence-corrected chi connectivity index (χ3v) is 3.70. The first-order valence-corrected chi connectivity index (χ1v) is 6.63. The molecule has 1 fully saturated rings. The van der Waals surface area contributed by atoms with Crippen molar-refractivity contribution in [3.05, 3.63) is 0 Å². The number of piperidine rings is 1. The summed E-state index contributed by atoms with van der Waals surface area (Å²) in [5.74, 6) is 0.843. The smallest absolute Gasteiger partial charge is 0.0901 e. The Balaban J connectivity index is 2.38. The van der Waals surface area contributed by atoms with Crippen LogP contribution in [0.2, 0.25) is 0 Å². The van der Waals surface area contributed by atoms with Crippen molar-refractivity contribution in [2.24, 2.45) is 11.7 Å². The second-order valence-corrected chi connectivity index (χ2v) is 5.54. The maximum atomic E-state index is 5.77. The van der Waals surface area contributed by atoms with Crippen LogP contribution in [0.1, 0.15) is 26.2 Å². The van der Waals surface area contributed by atoms with E-state index in [-0.39, 0.29) is 0 Å². The summed E-state index contributed by atoms with van der Waals surface area (Å²) in [5, 5.41) is 0. The largest absolute Gasteiger partial charge is 0.392 e. The van der Waals surface area contributed by atoms with Gasteiger partial charge in [-0.25, -0.2) is 0 Å². The number of nitrogens with zero attached hydrogens (tertiary/aromatic N) is 2. The average Bonchev–Trinajstić information content (AvgIpc) is 2.20. The van der Waals surface area contributed by atoms with E-state index in [1.807, 2.05) is 0 Å². The quantitative estimate of drug-likeness (QED) is 0.738. The monoisotopic (exact) mass is 243 g/mol. The van der Waals surface area contributed by atoms with Gasteiger partial charge in [-0.1, -0.05) is 19.1 Å². The average molecular weight is 243 g/mol. The molecule has 0 aliphatic carbocycles. The molecular formula is C12H25N3S. The predicted octanol–water partition coefficient (Wildman–Crippen LogP) is 1.32. The Morgan fingerprint density at radius 2 is 2.00 bits per heavy atom. The molecule has 0 saturated carbocycles. The van der Waals surface area contributed by atoms with Gasteiger partial charge in [-0.05, 0) is 52.4 Å². The fourth-order valence-corrected chi connectivity index (χ4v) is 2.92. The Hall–Kier alpha value is -0.190. The van der Waals surface area contributed by atoms with Gasteiger partial charge in [0.1, 0.15) is 0 Å². The van der Waals surface area contributed by atoms with Crippen LogP contribution in [0.3, 0.4) is 0 Å². The molecule has 0 radical (unpaired) electrons. The zero-order valence-corrected chi connectivity index (χ0v) is 11.6. The fourth-order valence-electron chi connectivity index (χ4n) is 2.60. The summed E-state index contributed by atoms with van der Waals surface area (Å²) in [6.07, 6.45) is 3.59. The highest BCUT2D eigenvalue weighted by Gasteiger charge is 2.25. The number of rotatable bonds is 5. The van der Waals surface area contributed by atoms with Crippen LogP contribution >= 0.6 is 12.2 Å². The molecular weight excluding hydrogens is 218 g/mol. The van der Waals surface area contributed by atoms with Crippen molar-refractivity contribution in [3.63, 3.8) is 0 Å². The maximum absolute atomic E-state index is 5.77. The molecule has 0 aromatic heterocycles. The van der Waals surface area contributed by atoms with Crippen LogP contribution in [-0.4, -0.2) is 54.6 Å². The van der Waals surface area contributed by atoms with E-state index in [4.69, 9.17) is 18.0 Å². The normalized spacial score (nSPS) is 21.2. The van der Waals surface area contributed by atoms with Crippen molar-refractivity contribution >= 4 is 17.2 Å². The molecule has 1 atom stereocenters. The maximum Gasteiger partial charge on any atom is 0.0901 e. The van der Waals surface area contributed by atoms with Gasteiger partial charge in [-0.2, -0.15) is 0 Å². The molecule has 2 N–H and O–H groups in total. The summed E-state index contributed by atoms with van der Waals surface area (Å²) in [5.41, 5.74) is 5.77. The fraction of sp³-hybridized carbons (Fsp3) is 0.917. The van der Waals surface area contributed by atoms with Gasteiger partial charge in [-0.3, -0.25) is 4.90 Å². The van der Waals surface area contributed by atoms with Crippen LogP contribution in [-0.2, 0) is 0 Å². The highest BCUT2D eigenvalue weighted by atomic mass is 32.1. The number of likely N-dealkylation sites (tertiary alicyclic amines) is 1. The lowest BCUT2D eigenvalue weighted by Crippen LogP contribution is -2.48. The first kappa shape index (κ1) is 13.9. The third kappa shape index (κ3) is 4.00. The molecule has 4 heteroatoms. The van der Waals surface area contributed by atoms with Crippen molar-refractivity contribution < 1.29 is 0 Å². The standard InChI is InChI=1S/C12H25N3S/c1-4-11(12(13)16)15-7-5-10(6-8-15)9-14(2)3/h10-11H,4-9H2,1-3H3,(H2,13,16). The molecule has 94 valence electrons. The van der Waals surface area contributed by atoms with Gasteiger partial charge in [0.2, 0.25) is 0 Å². The second kappa shape index (κ2) is 6.52. The highest BCUT2D eigenvalue weighted by molar-refractivity contribution is 7.80. The van der Waals surface area contributed by atoms with E-state index in [2.05, 4.69) is 30.8 Å². The highest BCUT2D eigenvalue weighted by Crippen LogP contribution is 2.20. The van der Waals surface area contributed by atoms with E-state index in [9.17, 15) is 0 Å². The second-order valence-electron chi connectivity index (χ2n) is 5.07. The Morgan fingerprint density at radius 1 is 1.44 bits per heavy atom. The molecule has 1 aliphatic heterocycles. The topological polar surface area (TPSA) is 32.5 Å². The van der Waals surface area contributed by atoms with E-state index in [1.165, 1.54) is 19.4 Å². The summed E-state index contributed by atoms with van der Waals surface area (Å²) < 4.78 is 0. The SMILES string of the molecule is CCC(C(N)=S)N1CCC(CN(C)C)CC1. The first-order valence-electron chi connectivity index (χ1n) is 6.22. The lowest BCUT2D eigenvalue weighted by Gasteiger charge is -2.37. The lowest BCUT2D eigenvalue weighted by atomic mass is 9.95. The summed E-state index contributed by atoms with van der Waals surface area (Å²) in [4.78, 5) is 5.40. The molecule has 1 heterocycles. The molecule has 1 unspecified atom stereocenters. The van der Waals surface area contributed by atoms with E-state index < -0.39 is 0 Å². The third-order valence-electron chi connectivity index (χ3n) is 3.43. The van der Waals surface area contributed by atoms with Crippen molar-refractivity contribution in [3.8, 4) is 0 Å². The van der Waals surface area contributed by atoms with Gasteiger partial charge < -0.3 is 10.6 Å². The van der Waals surface area contributed by atoms with Crippen LogP contribution in [0.5, 0.6) is 0 Å². The molecule has 1 aliphatic rings. The Kier molecular flexibility index (Phi) is 5.66. The van der Waals surface area contributed by atoms with Crippen LogP contribution in [0, 0.1) is 5.92 Å². The Morgan fingerprint density at radius 3 is 2.38 bits per heavy atom. The molecule has 0 spiro atoms. The number of hydrogen-bond donors (Lipinski definition) is 1. The van der Waals surface area contributed by atoms with Crippen LogP contribution in [0.15, 0.2) is 0 Å². The minimum absolute atomic E-state index is 0.315. The zero-order chi connectivity index (χ0) is 12.1. The summed E-state index contributed by atoms with van der Waals surface area (Å²) in [6, 6.07) is 0.315. The Bertz CT molecular complexity index is 222. The molecule has 0 amide bonds. The Labute approximate surface area is 105 Å². The summed E-state index contributed by atoms with van der Waals surface area (Å²) in [6.45, 7) is 5.66. The van der Waals surface area contributed by atoms with Gasteiger partial charge in [-0.15, -0.1) is 0 Å². The number of hydrogen-bond acceptors (Lipinski definition) is 3. The minimum atomic E-state index is 0.315. The molecule has 1 rings (SSSR count). The van der Waals surface area contributed by atoms with Crippen molar-refractivity contribution in [2.45, 2.75) is 32.2 Å². The van der Waals surface area contributed by atoms with E-state index in [0.717, 1.165) is 25.4 Å². The molecule has 0 aromatic rings. The molecule has 1 saturated heterocycles. The zero-order valence-electron chi connectivity index (χ0n) is 10.8. The first-order chi connectivity index (χ1) is 7.54. The molecule has 16 heavy (non-hydrogen) atoms. The summed E-state index contributed by atoms with van der Waals surface area (Å²) >= 11 is 5.12. The predicted molar refractivity (Wildman–Crippen MR) is 73.7 cm³/mol. The van der Waals surface area contributed by atoms with Crippen LogP contribution < -0.4 is 5.73 Å². The summed E-state index contributed by atoms with van der Waals surface area (Å²) in [7, 11) is 4.30. The number of nitrogens with two attached hydrogens (primary N) is 1. The molecule has 0 aromatic carbocycles. The molecule has 3 nitrogen and oxygen atoms in total. The van der Waals surface area contributed by atoms with E-state index in [1.54, 1.807) is 0 Å². The van der Waals surface area contributed by atoms with Crippen molar-refractivity contribution in [1.29, 1.82) is 0 Å².